The van der Waals surface area contributed by atoms with Crippen molar-refractivity contribution in [2.45, 2.75) is 46.3 Å². The Morgan fingerprint density at radius 2 is 1.95 bits per heavy atom. The van der Waals surface area contributed by atoms with Crippen molar-refractivity contribution in [1.29, 1.82) is 0 Å². The number of rotatable bonds is 5. The SMILES string of the molecule is CCS(=O)(=O)CCn1nc(C(C)(C)C)c(CO)c1Cl. The van der Waals surface area contributed by atoms with Gasteiger partial charge in [0.2, 0.25) is 0 Å². The zero-order valence-electron chi connectivity index (χ0n) is 11.8. The van der Waals surface area contributed by atoms with Crippen LogP contribution in [0.4, 0.5) is 0 Å². The summed E-state index contributed by atoms with van der Waals surface area (Å²) in [6.07, 6.45) is 0. The van der Waals surface area contributed by atoms with Crippen LogP contribution in [0.1, 0.15) is 39.0 Å². The third-order valence-electron chi connectivity index (χ3n) is 2.90. The highest BCUT2D eigenvalue weighted by atomic mass is 35.5. The van der Waals surface area contributed by atoms with Gasteiger partial charge < -0.3 is 5.11 Å². The van der Waals surface area contributed by atoms with Crippen LogP contribution >= 0.6 is 11.6 Å². The zero-order chi connectivity index (χ0) is 14.8. The third-order valence-corrected chi connectivity index (χ3v) is 5.01. The highest BCUT2D eigenvalue weighted by Crippen LogP contribution is 2.29. The monoisotopic (exact) mass is 308 g/mol. The molecule has 0 radical (unpaired) electrons. The number of halogens is 1. The molecule has 0 aliphatic rings. The molecule has 0 saturated carbocycles. The highest BCUT2D eigenvalue weighted by Gasteiger charge is 2.25. The van der Waals surface area contributed by atoms with E-state index < -0.39 is 9.84 Å². The molecule has 5 nitrogen and oxygen atoms in total. The van der Waals surface area contributed by atoms with Gasteiger partial charge in [-0.05, 0) is 0 Å². The van der Waals surface area contributed by atoms with Crippen LogP contribution in [0.25, 0.3) is 0 Å². The Bertz CT molecular complexity index is 544. The lowest BCUT2D eigenvalue weighted by atomic mass is 9.90. The van der Waals surface area contributed by atoms with Gasteiger partial charge in [-0.2, -0.15) is 5.10 Å². The molecule has 1 aromatic heterocycles. The molecule has 7 heteroatoms. The summed E-state index contributed by atoms with van der Waals surface area (Å²) in [5.41, 5.74) is 1.02. The van der Waals surface area contributed by atoms with Crippen LogP contribution in [0.15, 0.2) is 0 Å². The van der Waals surface area contributed by atoms with Gasteiger partial charge in [-0.15, -0.1) is 0 Å². The lowest BCUT2D eigenvalue weighted by Gasteiger charge is -2.16. The van der Waals surface area contributed by atoms with Crippen molar-refractivity contribution in [1.82, 2.24) is 9.78 Å². The predicted molar refractivity (Wildman–Crippen MR) is 76.2 cm³/mol. The maximum atomic E-state index is 11.5. The number of hydrogen-bond donors (Lipinski definition) is 1. The largest absolute Gasteiger partial charge is 0.391 e. The molecule has 110 valence electrons. The van der Waals surface area contributed by atoms with E-state index >= 15 is 0 Å². The van der Waals surface area contributed by atoms with Crippen LogP contribution in [0.2, 0.25) is 5.15 Å². The van der Waals surface area contributed by atoms with Gasteiger partial charge in [0.15, 0.2) is 9.84 Å². The first-order valence-corrected chi connectivity index (χ1v) is 8.39. The molecule has 0 bridgehead atoms. The van der Waals surface area contributed by atoms with Gasteiger partial charge in [0, 0.05) is 16.7 Å². The first-order chi connectivity index (χ1) is 8.62. The van der Waals surface area contributed by atoms with Gasteiger partial charge in [-0.1, -0.05) is 39.3 Å². The summed E-state index contributed by atoms with van der Waals surface area (Å²) in [5, 5.41) is 14.1. The molecule has 0 spiro atoms. The Morgan fingerprint density at radius 1 is 1.37 bits per heavy atom. The van der Waals surface area contributed by atoms with E-state index in [4.69, 9.17) is 11.6 Å². The normalized spacial score (nSPS) is 12.9. The molecule has 0 aliphatic heterocycles. The topological polar surface area (TPSA) is 72.2 Å². The minimum absolute atomic E-state index is 0.000643. The van der Waals surface area contributed by atoms with Crippen LogP contribution in [0.5, 0.6) is 0 Å². The molecule has 0 amide bonds. The van der Waals surface area contributed by atoms with Gasteiger partial charge in [0.05, 0.1) is 24.6 Å². The molecule has 0 saturated heterocycles. The molecule has 0 atom stereocenters. The van der Waals surface area contributed by atoms with Crippen molar-refractivity contribution in [2.24, 2.45) is 0 Å². The van der Waals surface area contributed by atoms with Crippen LogP contribution in [0.3, 0.4) is 0 Å². The van der Waals surface area contributed by atoms with E-state index in [-0.39, 0.29) is 30.1 Å². The maximum Gasteiger partial charge on any atom is 0.151 e. The van der Waals surface area contributed by atoms with Crippen LogP contribution in [-0.2, 0) is 28.4 Å². The maximum absolute atomic E-state index is 11.5. The van der Waals surface area contributed by atoms with E-state index in [0.717, 1.165) is 0 Å². The summed E-state index contributed by atoms with van der Waals surface area (Å²) in [4.78, 5) is 0. The Balaban J connectivity index is 3.08. The summed E-state index contributed by atoms with van der Waals surface area (Å²) in [6.45, 7) is 7.53. The van der Waals surface area contributed by atoms with Crippen LogP contribution in [-0.4, -0.2) is 34.8 Å². The molecule has 1 N–H and O–H groups in total. The number of aryl methyl sites for hydroxylation is 1. The Hall–Kier alpha value is -0.590. The van der Waals surface area contributed by atoms with Crippen LogP contribution < -0.4 is 0 Å². The highest BCUT2D eigenvalue weighted by molar-refractivity contribution is 7.91. The van der Waals surface area contributed by atoms with Crippen molar-refractivity contribution >= 4 is 21.4 Å². The lowest BCUT2D eigenvalue weighted by Crippen LogP contribution is -2.17. The van der Waals surface area contributed by atoms with Crippen molar-refractivity contribution in [3.63, 3.8) is 0 Å². The molecule has 1 rings (SSSR count). The number of aliphatic hydroxyl groups is 1. The second kappa shape index (κ2) is 5.81. The lowest BCUT2D eigenvalue weighted by molar-refractivity contribution is 0.278. The van der Waals surface area contributed by atoms with E-state index in [1.54, 1.807) is 6.92 Å². The predicted octanol–water partition coefficient (Wildman–Crippen LogP) is 1.76. The Morgan fingerprint density at radius 3 is 2.32 bits per heavy atom. The molecule has 0 aliphatic carbocycles. The number of aliphatic hydroxyl groups excluding tert-OH is 1. The number of hydrogen-bond acceptors (Lipinski definition) is 4. The second-order valence-corrected chi connectivity index (χ2v) is 8.32. The summed E-state index contributed by atoms with van der Waals surface area (Å²) in [6, 6.07) is 0. The molecule has 19 heavy (non-hydrogen) atoms. The van der Waals surface area contributed by atoms with Gasteiger partial charge in [-0.3, -0.25) is 4.68 Å². The molecule has 1 heterocycles. The number of nitrogens with zero attached hydrogens (tertiary/aromatic N) is 2. The third kappa shape index (κ3) is 3.94. The van der Waals surface area contributed by atoms with Crippen molar-refractivity contribution in [3.8, 4) is 0 Å². The standard InChI is InChI=1S/C12H21ClN2O3S/c1-5-19(17,18)7-6-15-11(13)9(8-16)10(14-15)12(2,3)4/h16H,5-8H2,1-4H3. The molecule has 0 aromatic carbocycles. The summed E-state index contributed by atoms with van der Waals surface area (Å²) < 4.78 is 24.5. The van der Waals surface area contributed by atoms with Gasteiger partial charge in [0.25, 0.3) is 0 Å². The summed E-state index contributed by atoms with van der Waals surface area (Å²) in [5.74, 6) is 0.101. The first kappa shape index (κ1) is 16.5. The molecule has 0 unspecified atom stereocenters. The molecular weight excluding hydrogens is 288 g/mol. The van der Waals surface area contributed by atoms with Crippen molar-refractivity contribution in [2.75, 3.05) is 11.5 Å². The minimum Gasteiger partial charge on any atom is -0.391 e. The van der Waals surface area contributed by atoms with Crippen LogP contribution in [0, 0.1) is 0 Å². The van der Waals surface area contributed by atoms with Gasteiger partial charge >= 0.3 is 0 Å². The fraction of sp³-hybridized carbons (Fsp3) is 0.750. The van der Waals surface area contributed by atoms with Crippen molar-refractivity contribution in [3.05, 3.63) is 16.4 Å². The van der Waals surface area contributed by atoms with Gasteiger partial charge in [-0.25, -0.2) is 8.42 Å². The second-order valence-electron chi connectivity index (χ2n) is 5.49. The van der Waals surface area contributed by atoms with E-state index in [0.29, 0.717) is 16.4 Å². The summed E-state index contributed by atoms with van der Waals surface area (Å²) >= 11 is 6.15. The number of aromatic nitrogens is 2. The molecule has 0 fully saturated rings. The van der Waals surface area contributed by atoms with Gasteiger partial charge in [0.1, 0.15) is 5.15 Å². The Kier molecular flexibility index (Phi) is 5.03. The fourth-order valence-corrected chi connectivity index (χ4v) is 2.75. The van der Waals surface area contributed by atoms with Crippen molar-refractivity contribution < 1.29 is 13.5 Å². The smallest absolute Gasteiger partial charge is 0.151 e. The average Bonchev–Trinajstić information content (AvgIpc) is 2.63. The van der Waals surface area contributed by atoms with E-state index in [1.165, 1.54) is 4.68 Å². The molecule has 1 aromatic rings. The van der Waals surface area contributed by atoms with E-state index in [2.05, 4.69) is 5.10 Å². The average molecular weight is 309 g/mol. The molecular formula is C12H21ClN2O3S. The number of sulfone groups is 1. The van der Waals surface area contributed by atoms with E-state index in [1.807, 2.05) is 20.8 Å². The van der Waals surface area contributed by atoms with E-state index in [9.17, 15) is 13.5 Å². The fourth-order valence-electron chi connectivity index (χ4n) is 1.74. The summed E-state index contributed by atoms with van der Waals surface area (Å²) in [7, 11) is -3.06. The quantitative estimate of drug-likeness (QED) is 0.899. The zero-order valence-corrected chi connectivity index (χ0v) is 13.3. The minimum atomic E-state index is -3.06. The Labute approximate surface area is 119 Å². The first-order valence-electron chi connectivity index (χ1n) is 6.19.